The first-order valence-corrected chi connectivity index (χ1v) is 10.2. The van der Waals surface area contributed by atoms with Gasteiger partial charge in [0.1, 0.15) is 24.2 Å². The Balaban J connectivity index is 1.42. The van der Waals surface area contributed by atoms with E-state index in [9.17, 15) is 10.2 Å². The molecule has 0 heterocycles. The summed E-state index contributed by atoms with van der Waals surface area (Å²) in [6.45, 7) is 1.41. The van der Waals surface area contributed by atoms with Crippen molar-refractivity contribution in [3.8, 4) is 23.0 Å². The maximum Gasteiger partial charge on any atom is 0.160 e. The molecule has 1 unspecified atom stereocenters. The molecule has 29 heavy (non-hydrogen) atoms. The lowest BCUT2D eigenvalue weighted by molar-refractivity contribution is 0.106. The van der Waals surface area contributed by atoms with Crippen LogP contribution in [0.4, 0.5) is 0 Å². The van der Waals surface area contributed by atoms with E-state index in [0.717, 1.165) is 66.8 Å². The predicted molar refractivity (Wildman–Crippen MR) is 112 cm³/mol. The summed E-state index contributed by atoms with van der Waals surface area (Å²) in [5.41, 5.74) is 3.22. The molecule has 158 valence electrons. The van der Waals surface area contributed by atoms with Gasteiger partial charge in [-0.05, 0) is 68.5 Å². The standard InChI is InChI=1S/C23H31NO5/c1-27-22-9-7-16(13-23(22)28-2)11-12-24-14-17(25)15-29-21-10-8-20(26)18-5-3-4-6-19(18)21/h7-10,13,17,24-26H,3-6,11-12,14-15H2,1-2H3. The number of fused-ring (bicyclic) bond motifs is 1. The molecule has 0 aliphatic heterocycles. The average molecular weight is 402 g/mol. The maximum atomic E-state index is 10.2. The summed E-state index contributed by atoms with van der Waals surface area (Å²) in [5.74, 6) is 2.56. The zero-order valence-electron chi connectivity index (χ0n) is 17.2. The van der Waals surface area contributed by atoms with Crippen LogP contribution in [0.3, 0.4) is 0 Å². The predicted octanol–water partition coefficient (Wildman–Crippen LogP) is 2.86. The molecule has 1 atom stereocenters. The average Bonchev–Trinajstić information content (AvgIpc) is 2.76. The number of methoxy groups -OCH3 is 2. The first kappa shape index (κ1) is 21.3. The third kappa shape index (κ3) is 5.55. The second kappa shape index (κ2) is 10.4. The lowest BCUT2D eigenvalue weighted by Gasteiger charge is -2.21. The number of nitrogens with one attached hydrogen (secondary N) is 1. The largest absolute Gasteiger partial charge is 0.508 e. The van der Waals surface area contributed by atoms with E-state index in [4.69, 9.17) is 14.2 Å². The van der Waals surface area contributed by atoms with Crippen LogP contribution >= 0.6 is 0 Å². The molecule has 1 aliphatic carbocycles. The minimum atomic E-state index is -0.603. The molecule has 0 spiro atoms. The Labute approximate surface area is 172 Å². The molecule has 2 aromatic rings. The van der Waals surface area contributed by atoms with Gasteiger partial charge in [-0.25, -0.2) is 0 Å². The number of phenols is 1. The summed E-state index contributed by atoms with van der Waals surface area (Å²) in [5, 5.41) is 23.5. The smallest absolute Gasteiger partial charge is 0.160 e. The van der Waals surface area contributed by atoms with E-state index in [1.807, 2.05) is 18.2 Å². The van der Waals surface area contributed by atoms with Gasteiger partial charge in [-0.3, -0.25) is 0 Å². The lowest BCUT2D eigenvalue weighted by Crippen LogP contribution is -2.32. The maximum absolute atomic E-state index is 10.2. The second-order valence-corrected chi connectivity index (χ2v) is 7.36. The van der Waals surface area contributed by atoms with Crippen molar-refractivity contribution in [2.75, 3.05) is 33.9 Å². The van der Waals surface area contributed by atoms with Crippen molar-refractivity contribution in [1.82, 2.24) is 5.32 Å². The summed E-state index contributed by atoms with van der Waals surface area (Å²) in [4.78, 5) is 0. The molecular formula is C23H31NO5. The number of rotatable bonds is 10. The number of hydrogen-bond acceptors (Lipinski definition) is 6. The third-order valence-electron chi connectivity index (χ3n) is 5.32. The fourth-order valence-electron chi connectivity index (χ4n) is 3.73. The summed E-state index contributed by atoms with van der Waals surface area (Å²) in [6.07, 6.45) is 4.22. The fourth-order valence-corrected chi connectivity index (χ4v) is 3.73. The number of hydrogen-bond donors (Lipinski definition) is 3. The van der Waals surface area contributed by atoms with E-state index in [1.165, 1.54) is 0 Å². The lowest BCUT2D eigenvalue weighted by atomic mass is 9.90. The molecule has 0 amide bonds. The van der Waals surface area contributed by atoms with Crippen LogP contribution in [0.1, 0.15) is 29.5 Å². The SMILES string of the molecule is COc1ccc(CCNCC(O)COc2ccc(O)c3c2CCCC3)cc1OC. The van der Waals surface area contributed by atoms with Gasteiger partial charge in [0, 0.05) is 17.7 Å². The number of ether oxygens (including phenoxy) is 3. The van der Waals surface area contributed by atoms with Crippen molar-refractivity contribution < 1.29 is 24.4 Å². The number of aliphatic hydroxyl groups excluding tert-OH is 1. The molecule has 6 heteroatoms. The van der Waals surface area contributed by atoms with Crippen molar-refractivity contribution in [3.63, 3.8) is 0 Å². The molecule has 0 saturated heterocycles. The van der Waals surface area contributed by atoms with E-state index in [2.05, 4.69) is 5.32 Å². The van der Waals surface area contributed by atoms with Crippen LogP contribution in [-0.2, 0) is 19.3 Å². The first-order valence-electron chi connectivity index (χ1n) is 10.2. The number of aromatic hydroxyl groups is 1. The van der Waals surface area contributed by atoms with E-state index in [0.29, 0.717) is 18.0 Å². The zero-order chi connectivity index (χ0) is 20.6. The molecule has 0 fully saturated rings. The Morgan fingerprint density at radius 1 is 0.966 bits per heavy atom. The van der Waals surface area contributed by atoms with Gasteiger partial charge in [-0.15, -0.1) is 0 Å². The van der Waals surface area contributed by atoms with Gasteiger partial charge in [0.15, 0.2) is 11.5 Å². The van der Waals surface area contributed by atoms with Crippen molar-refractivity contribution in [3.05, 3.63) is 47.0 Å². The zero-order valence-corrected chi connectivity index (χ0v) is 17.2. The third-order valence-corrected chi connectivity index (χ3v) is 5.32. The quantitative estimate of drug-likeness (QED) is 0.531. The van der Waals surface area contributed by atoms with Crippen molar-refractivity contribution in [2.24, 2.45) is 0 Å². The molecular weight excluding hydrogens is 370 g/mol. The summed E-state index contributed by atoms with van der Waals surface area (Å²) in [6, 6.07) is 9.36. The van der Waals surface area contributed by atoms with E-state index < -0.39 is 6.10 Å². The minimum Gasteiger partial charge on any atom is -0.508 e. The summed E-state index contributed by atoms with van der Waals surface area (Å²) < 4.78 is 16.4. The van der Waals surface area contributed by atoms with Gasteiger partial charge >= 0.3 is 0 Å². The number of benzene rings is 2. The van der Waals surface area contributed by atoms with Crippen molar-refractivity contribution in [1.29, 1.82) is 0 Å². The normalized spacial score (nSPS) is 14.2. The van der Waals surface area contributed by atoms with Crippen molar-refractivity contribution >= 4 is 0 Å². The monoisotopic (exact) mass is 401 g/mol. The Morgan fingerprint density at radius 2 is 1.69 bits per heavy atom. The van der Waals surface area contributed by atoms with Crippen LogP contribution in [-0.4, -0.2) is 50.2 Å². The summed E-state index contributed by atoms with van der Waals surface area (Å²) in [7, 11) is 3.25. The van der Waals surface area contributed by atoms with Crippen LogP contribution in [0.5, 0.6) is 23.0 Å². The van der Waals surface area contributed by atoms with Crippen LogP contribution in [0, 0.1) is 0 Å². The van der Waals surface area contributed by atoms with Gasteiger partial charge < -0.3 is 29.7 Å². The van der Waals surface area contributed by atoms with Crippen molar-refractivity contribution in [2.45, 2.75) is 38.2 Å². The number of phenolic OH excluding ortho intramolecular Hbond substituents is 1. The van der Waals surface area contributed by atoms with Gasteiger partial charge in [0.05, 0.1) is 14.2 Å². The highest BCUT2D eigenvalue weighted by molar-refractivity contribution is 5.49. The molecule has 6 nitrogen and oxygen atoms in total. The van der Waals surface area contributed by atoms with Gasteiger partial charge in [-0.1, -0.05) is 6.07 Å². The van der Waals surface area contributed by atoms with Gasteiger partial charge in [0.2, 0.25) is 0 Å². The summed E-state index contributed by atoms with van der Waals surface area (Å²) >= 11 is 0. The van der Waals surface area contributed by atoms with Gasteiger partial charge in [0.25, 0.3) is 0 Å². The second-order valence-electron chi connectivity index (χ2n) is 7.36. The molecule has 0 bridgehead atoms. The van der Waals surface area contributed by atoms with Crippen LogP contribution < -0.4 is 19.5 Å². The highest BCUT2D eigenvalue weighted by atomic mass is 16.5. The van der Waals surface area contributed by atoms with E-state index in [-0.39, 0.29) is 6.61 Å². The molecule has 2 aromatic carbocycles. The van der Waals surface area contributed by atoms with Crippen LogP contribution in [0.25, 0.3) is 0 Å². The minimum absolute atomic E-state index is 0.223. The van der Waals surface area contributed by atoms with Gasteiger partial charge in [-0.2, -0.15) is 0 Å². The Kier molecular flexibility index (Phi) is 7.61. The topological polar surface area (TPSA) is 80.2 Å². The van der Waals surface area contributed by atoms with E-state index >= 15 is 0 Å². The Hall–Kier alpha value is -2.44. The first-order chi connectivity index (χ1) is 14.1. The molecule has 1 aliphatic rings. The molecule has 0 saturated carbocycles. The highest BCUT2D eigenvalue weighted by Crippen LogP contribution is 2.35. The van der Waals surface area contributed by atoms with Crippen LogP contribution in [0.15, 0.2) is 30.3 Å². The molecule has 3 rings (SSSR count). The van der Waals surface area contributed by atoms with Crippen LogP contribution in [0.2, 0.25) is 0 Å². The Bertz CT molecular complexity index is 808. The molecule has 3 N–H and O–H groups in total. The molecule has 0 radical (unpaired) electrons. The highest BCUT2D eigenvalue weighted by Gasteiger charge is 2.18. The molecule has 0 aromatic heterocycles. The fraction of sp³-hybridized carbons (Fsp3) is 0.478. The Morgan fingerprint density at radius 3 is 2.45 bits per heavy atom. The number of aliphatic hydroxyl groups is 1. The van der Waals surface area contributed by atoms with E-state index in [1.54, 1.807) is 26.4 Å².